The Kier molecular flexibility index (Phi) is 6.19. The van der Waals surface area contributed by atoms with Gasteiger partial charge in [0.05, 0.1) is 33.5 Å². The fourth-order valence-corrected chi connectivity index (χ4v) is 9.26. The molecule has 11 rings (SSSR count). The van der Waals surface area contributed by atoms with Gasteiger partial charge in [-0.1, -0.05) is 105 Å². The molecule has 0 atom stereocenters. The molecular weight excluding hydrogens is 650 g/mol. The number of hydrogen-bond donors (Lipinski definition) is 0. The summed E-state index contributed by atoms with van der Waals surface area (Å²) in [6.45, 7) is 4.78. The molecule has 53 heavy (non-hydrogen) atoms. The van der Waals surface area contributed by atoms with E-state index in [1.54, 1.807) is 0 Å². The molecular formula is C49H34FN3. The van der Waals surface area contributed by atoms with Gasteiger partial charge >= 0.3 is 0 Å². The average Bonchev–Trinajstić information content (AvgIpc) is 3.90. The van der Waals surface area contributed by atoms with Crippen molar-refractivity contribution >= 4 is 43.6 Å². The van der Waals surface area contributed by atoms with Gasteiger partial charge in [-0.05, 0) is 101 Å². The largest absolute Gasteiger partial charge is 0.309 e. The Morgan fingerprint density at radius 2 is 0.811 bits per heavy atom. The van der Waals surface area contributed by atoms with Crippen LogP contribution in [-0.4, -0.2) is 13.7 Å². The molecule has 3 nitrogen and oxygen atoms in total. The lowest BCUT2D eigenvalue weighted by atomic mass is 9.81. The highest BCUT2D eigenvalue weighted by molar-refractivity contribution is 6.10. The fourth-order valence-electron chi connectivity index (χ4n) is 9.26. The van der Waals surface area contributed by atoms with Crippen molar-refractivity contribution in [3.8, 4) is 39.6 Å². The number of halogens is 1. The van der Waals surface area contributed by atoms with Crippen molar-refractivity contribution in [2.24, 2.45) is 0 Å². The number of rotatable bonds is 4. The number of aromatic nitrogens is 3. The molecule has 0 unspecified atom stereocenters. The van der Waals surface area contributed by atoms with Gasteiger partial charge in [0.2, 0.25) is 0 Å². The van der Waals surface area contributed by atoms with Crippen LogP contribution in [0.2, 0.25) is 0 Å². The van der Waals surface area contributed by atoms with E-state index in [1.165, 1.54) is 67.2 Å². The quantitative estimate of drug-likeness (QED) is 0.175. The van der Waals surface area contributed by atoms with Gasteiger partial charge in [0, 0.05) is 44.0 Å². The second-order valence-electron chi connectivity index (χ2n) is 14.7. The van der Waals surface area contributed by atoms with E-state index in [0.717, 1.165) is 39.2 Å². The van der Waals surface area contributed by atoms with Gasteiger partial charge in [0.15, 0.2) is 0 Å². The van der Waals surface area contributed by atoms with Crippen LogP contribution >= 0.6 is 0 Å². The molecule has 3 heterocycles. The van der Waals surface area contributed by atoms with Crippen LogP contribution in [0.3, 0.4) is 0 Å². The molecule has 0 N–H and O–H groups in total. The summed E-state index contributed by atoms with van der Waals surface area (Å²) in [6.07, 6.45) is 0. The Balaban J connectivity index is 1.10. The van der Waals surface area contributed by atoms with Crippen LogP contribution < -0.4 is 0 Å². The molecule has 1 aliphatic carbocycles. The number of para-hydroxylation sites is 4. The summed E-state index contributed by atoms with van der Waals surface area (Å²) >= 11 is 0. The zero-order chi connectivity index (χ0) is 35.4. The van der Waals surface area contributed by atoms with Gasteiger partial charge in [0.25, 0.3) is 0 Å². The Morgan fingerprint density at radius 1 is 0.377 bits per heavy atom. The minimum absolute atomic E-state index is 0.211. The number of benzene rings is 7. The topological polar surface area (TPSA) is 14.8 Å². The Labute approximate surface area is 306 Å². The van der Waals surface area contributed by atoms with E-state index in [-0.39, 0.29) is 11.2 Å². The maximum absolute atomic E-state index is 13.9. The van der Waals surface area contributed by atoms with Crippen LogP contribution in [0.15, 0.2) is 170 Å². The Bertz CT molecular complexity index is 3070. The highest BCUT2D eigenvalue weighted by atomic mass is 19.1. The van der Waals surface area contributed by atoms with E-state index in [0.29, 0.717) is 0 Å². The number of nitrogens with zero attached hydrogens (tertiary/aromatic N) is 3. The van der Waals surface area contributed by atoms with Crippen LogP contribution in [0.25, 0.3) is 83.2 Å². The molecule has 0 aliphatic heterocycles. The van der Waals surface area contributed by atoms with Crippen LogP contribution in [0.1, 0.15) is 25.0 Å². The molecule has 4 heteroatoms. The fraction of sp³-hybridized carbons (Fsp3) is 0.0612. The van der Waals surface area contributed by atoms with Crippen LogP contribution in [0.5, 0.6) is 0 Å². The molecule has 0 saturated carbocycles. The summed E-state index contributed by atoms with van der Waals surface area (Å²) in [5.41, 5.74) is 15.3. The molecule has 0 radical (unpaired) electrons. The number of hydrogen-bond acceptors (Lipinski definition) is 0. The summed E-state index contributed by atoms with van der Waals surface area (Å²) in [4.78, 5) is 0. The molecule has 0 spiro atoms. The zero-order valence-electron chi connectivity index (χ0n) is 29.4. The SMILES string of the molecule is CC1(C)c2c(n(-c3ccccc3)c3ccccc23)-c2c1c1ccccc1n2-c1ccc(-c2ccc3c(c2)c2ccccc2n3-c2ccc(F)cc2)cc1. The first-order chi connectivity index (χ1) is 26.0. The molecule has 10 aromatic rings. The van der Waals surface area contributed by atoms with E-state index in [4.69, 9.17) is 0 Å². The molecule has 0 bridgehead atoms. The first-order valence-electron chi connectivity index (χ1n) is 18.2. The average molecular weight is 684 g/mol. The third kappa shape index (κ3) is 4.15. The molecule has 3 aromatic heterocycles. The third-order valence-corrected chi connectivity index (χ3v) is 11.5. The molecule has 1 aliphatic rings. The second-order valence-corrected chi connectivity index (χ2v) is 14.7. The van der Waals surface area contributed by atoms with E-state index >= 15 is 0 Å². The number of fused-ring (bicyclic) bond motifs is 10. The van der Waals surface area contributed by atoms with Crippen molar-refractivity contribution in [2.75, 3.05) is 0 Å². The van der Waals surface area contributed by atoms with Crippen LogP contribution in [0.4, 0.5) is 4.39 Å². The molecule has 0 fully saturated rings. The molecule has 0 amide bonds. The predicted octanol–water partition coefficient (Wildman–Crippen LogP) is 12.8. The highest BCUT2D eigenvalue weighted by Gasteiger charge is 2.44. The minimum atomic E-state index is -0.235. The summed E-state index contributed by atoms with van der Waals surface area (Å²) in [5, 5.41) is 4.94. The lowest BCUT2D eigenvalue weighted by molar-refractivity contribution is 0.627. The van der Waals surface area contributed by atoms with Gasteiger partial charge < -0.3 is 13.7 Å². The zero-order valence-corrected chi connectivity index (χ0v) is 29.4. The maximum Gasteiger partial charge on any atom is 0.123 e. The minimum Gasteiger partial charge on any atom is -0.309 e. The van der Waals surface area contributed by atoms with Crippen molar-refractivity contribution in [3.05, 3.63) is 187 Å². The summed E-state index contributed by atoms with van der Waals surface area (Å²) in [5.74, 6) is -0.235. The molecule has 0 saturated heterocycles. The first-order valence-corrected chi connectivity index (χ1v) is 18.2. The van der Waals surface area contributed by atoms with Gasteiger partial charge in [-0.3, -0.25) is 0 Å². The third-order valence-electron chi connectivity index (χ3n) is 11.5. The van der Waals surface area contributed by atoms with E-state index in [1.807, 2.05) is 12.1 Å². The maximum atomic E-state index is 13.9. The Morgan fingerprint density at radius 3 is 1.42 bits per heavy atom. The van der Waals surface area contributed by atoms with Gasteiger partial charge in [0.1, 0.15) is 5.82 Å². The normalized spacial score (nSPS) is 13.3. The predicted molar refractivity (Wildman–Crippen MR) is 217 cm³/mol. The van der Waals surface area contributed by atoms with E-state index in [9.17, 15) is 4.39 Å². The summed E-state index contributed by atoms with van der Waals surface area (Å²) < 4.78 is 21.1. The van der Waals surface area contributed by atoms with Crippen molar-refractivity contribution < 1.29 is 4.39 Å². The first kappa shape index (κ1) is 30.0. The van der Waals surface area contributed by atoms with E-state index in [2.05, 4.69) is 173 Å². The van der Waals surface area contributed by atoms with Gasteiger partial charge in [-0.2, -0.15) is 0 Å². The summed E-state index contributed by atoms with van der Waals surface area (Å²) in [6, 6.07) is 59.5. The van der Waals surface area contributed by atoms with E-state index < -0.39 is 0 Å². The van der Waals surface area contributed by atoms with Gasteiger partial charge in [-0.25, -0.2) is 4.39 Å². The second kappa shape index (κ2) is 10.9. The smallest absolute Gasteiger partial charge is 0.123 e. The standard InChI is InChI=1S/C49H34FN3/c1-49(2)45-38-15-7-10-18-42(38)52(34-12-4-3-5-13-34)47(45)48-46(49)39-16-8-11-19-43(39)53(48)36-25-20-31(21-26-36)32-22-29-44-40(30-32)37-14-6-9-17-41(37)51(44)35-27-23-33(50)24-28-35/h3-30H,1-2H3. The van der Waals surface area contributed by atoms with Crippen molar-refractivity contribution in [2.45, 2.75) is 19.3 Å². The lowest BCUT2D eigenvalue weighted by Crippen LogP contribution is -2.14. The van der Waals surface area contributed by atoms with Crippen molar-refractivity contribution in [1.29, 1.82) is 0 Å². The lowest BCUT2D eigenvalue weighted by Gasteiger charge is -2.20. The van der Waals surface area contributed by atoms with Crippen molar-refractivity contribution in [3.63, 3.8) is 0 Å². The van der Waals surface area contributed by atoms with Crippen LogP contribution in [0, 0.1) is 5.82 Å². The van der Waals surface area contributed by atoms with Gasteiger partial charge in [-0.15, -0.1) is 0 Å². The highest BCUT2D eigenvalue weighted by Crippen LogP contribution is 2.57. The monoisotopic (exact) mass is 683 g/mol. The Hall–Kier alpha value is -6.65. The van der Waals surface area contributed by atoms with Crippen LogP contribution in [-0.2, 0) is 5.41 Å². The molecule has 7 aromatic carbocycles. The summed E-state index contributed by atoms with van der Waals surface area (Å²) in [7, 11) is 0. The molecule has 252 valence electrons. The van der Waals surface area contributed by atoms with Crippen molar-refractivity contribution in [1.82, 2.24) is 13.7 Å².